The van der Waals surface area contributed by atoms with Crippen LogP contribution in [0.3, 0.4) is 0 Å². The van der Waals surface area contributed by atoms with Crippen molar-refractivity contribution >= 4 is 5.91 Å². The molecule has 0 aromatic carbocycles. The highest BCUT2D eigenvalue weighted by Crippen LogP contribution is 2.55. The van der Waals surface area contributed by atoms with Crippen molar-refractivity contribution in [1.29, 1.82) is 0 Å². The molecule has 0 unspecified atom stereocenters. The van der Waals surface area contributed by atoms with E-state index in [0.717, 1.165) is 25.3 Å². The van der Waals surface area contributed by atoms with E-state index in [0.29, 0.717) is 17.8 Å². The van der Waals surface area contributed by atoms with Gasteiger partial charge in [-0.3, -0.25) is 9.78 Å². The lowest BCUT2D eigenvalue weighted by Gasteiger charge is -2.56. The summed E-state index contributed by atoms with van der Waals surface area (Å²) in [6, 6.07) is 1.02. The molecule has 1 aromatic heterocycles. The van der Waals surface area contributed by atoms with Crippen molar-refractivity contribution in [3.8, 4) is 11.8 Å². The second-order valence-electron chi connectivity index (χ2n) is 8.33. The number of carbonyl (C=O) groups is 1. The molecule has 1 amide bonds. The summed E-state index contributed by atoms with van der Waals surface area (Å²) in [7, 11) is 0. The fraction of sp³-hybridized carbons (Fsp3) is 0.722. The van der Waals surface area contributed by atoms with E-state index in [-0.39, 0.29) is 23.9 Å². The lowest BCUT2D eigenvalue weighted by molar-refractivity contribution is -0.154. The second kappa shape index (κ2) is 6.97. The van der Waals surface area contributed by atoms with Crippen LogP contribution < -0.4 is 20.5 Å². The van der Waals surface area contributed by atoms with Gasteiger partial charge in [-0.25, -0.2) is 4.79 Å². The van der Waals surface area contributed by atoms with Gasteiger partial charge in [0.25, 0.3) is 5.91 Å². The molecule has 0 radical (unpaired) electrons. The first-order chi connectivity index (χ1) is 13.2. The molecule has 0 atom stereocenters. The molecule has 2 N–H and O–H groups in total. The van der Waals surface area contributed by atoms with E-state index in [4.69, 9.17) is 4.74 Å². The van der Waals surface area contributed by atoms with E-state index in [1.165, 1.54) is 19.3 Å². The summed E-state index contributed by atoms with van der Waals surface area (Å²) in [4.78, 5) is 29.4. The maximum Gasteiger partial charge on any atom is 0.422 e. The van der Waals surface area contributed by atoms with Crippen molar-refractivity contribution in [3.63, 3.8) is 0 Å². The van der Waals surface area contributed by atoms with Crippen LogP contribution in [0.15, 0.2) is 10.9 Å². The van der Waals surface area contributed by atoms with Crippen molar-refractivity contribution in [2.75, 3.05) is 13.2 Å². The Kier molecular flexibility index (Phi) is 4.75. The minimum atomic E-state index is -4.54. The van der Waals surface area contributed by atoms with Gasteiger partial charge in [0.05, 0.1) is 6.07 Å². The number of H-pyrrole nitrogens is 1. The third-order valence-electron chi connectivity index (χ3n) is 5.88. The van der Waals surface area contributed by atoms with Crippen molar-refractivity contribution in [3.05, 3.63) is 16.6 Å². The Labute approximate surface area is 159 Å². The van der Waals surface area contributed by atoms with E-state index in [2.05, 4.69) is 15.0 Å². The van der Waals surface area contributed by atoms with Gasteiger partial charge in [-0.15, -0.1) is 0 Å². The normalized spacial score (nSPS) is 30.9. The van der Waals surface area contributed by atoms with Crippen molar-refractivity contribution < 1.29 is 27.4 Å². The van der Waals surface area contributed by atoms with Gasteiger partial charge in [0.1, 0.15) is 0 Å². The zero-order chi connectivity index (χ0) is 19.9. The third-order valence-corrected chi connectivity index (χ3v) is 5.88. The number of nitrogens with zero attached hydrogens (tertiary/aromatic N) is 1. The molecule has 5 rings (SSSR count). The predicted molar refractivity (Wildman–Crippen MR) is 90.9 cm³/mol. The smallest absolute Gasteiger partial charge is 0.422 e. The fourth-order valence-corrected chi connectivity index (χ4v) is 5.46. The summed E-state index contributed by atoms with van der Waals surface area (Å²) in [6.45, 7) is -1.92. The van der Waals surface area contributed by atoms with Crippen molar-refractivity contribution in [2.24, 2.45) is 17.8 Å². The van der Waals surface area contributed by atoms with Crippen LogP contribution in [-0.4, -0.2) is 40.8 Å². The quantitative estimate of drug-likeness (QED) is 0.762. The molecule has 4 bridgehead atoms. The Hall–Kier alpha value is -2.26. The predicted octanol–water partition coefficient (Wildman–Crippen LogP) is 2.17. The minimum Gasteiger partial charge on any atom is -0.469 e. The molecular formula is C18H22F3N3O4. The largest absolute Gasteiger partial charge is 0.469 e. The van der Waals surface area contributed by atoms with E-state index < -0.39 is 24.4 Å². The van der Waals surface area contributed by atoms with Crippen molar-refractivity contribution in [1.82, 2.24) is 15.3 Å². The van der Waals surface area contributed by atoms with Gasteiger partial charge in [-0.1, -0.05) is 0 Å². The van der Waals surface area contributed by atoms with Crippen LogP contribution in [0.2, 0.25) is 0 Å². The first kappa shape index (κ1) is 19.1. The summed E-state index contributed by atoms with van der Waals surface area (Å²) < 4.78 is 46.4. The lowest BCUT2D eigenvalue weighted by Crippen LogP contribution is -2.60. The number of amides is 1. The van der Waals surface area contributed by atoms with E-state index in [1.807, 2.05) is 4.98 Å². The lowest BCUT2D eigenvalue weighted by atomic mass is 9.53. The van der Waals surface area contributed by atoms with E-state index >= 15 is 0 Å². The Morgan fingerprint density at radius 3 is 2.36 bits per heavy atom. The maximum absolute atomic E-state index is 12.4. The number of halogens is 3. The summed E-state index contributed by atoms with van der Waals surface area (Å²) >= 11 is 0. The molecule has 0 saturated heterocycles. The van der Waals surface area contributed by atoms with Gasteiger partial charge < -0.3 is 14.8 Å². The van der Waals surface area contributed by atoms with Crippen LogP contribution in [0, 0.1) is 17.8 Å². The first-order valence-electron chi connectivity index (χ1n) is 9.43. The van der Waals surface area contributed by atoms with Gasteiger partial charge >= 0.3 is 11.9 Å². The molecule has 1 aromatic rings. The van der Waals surface area contributed by atoms with E-state index in [9.17, 15) is 22.8 Å². The molecule has 4 aliphatic carbocycles. The standard InChI is InChI=1S/C18H22F3N3O4/c19-18(20,21)9-28-15-4-14(22-16(26)23-15)27-8-13(25)24-17-5-10-1-11(6-17)3-12(2-10)7-17/h4,10-12H,1-3,5-9H2,(H,24,25)(H,22,23,26). The zero-order valence-corrected chi connectivity index (χ0v) is 15.2. The molecule has 1 heterocycles. The fourth-order valence-electron chi connectivity index (χ4n) is 5.46. The van der Waals surface area contributed by atoms with Crippen molar-refractivity contribution in [2.45, 2.75) is 50.2 Å². The molecule has 4 fully saturated rings. The Balaban J connectivity index is 1.34. The van der Waals surface area contributed by atoms with Crippen LogP contribution in [0.1, 0.15) is 38.5 Å². The Bertz CT molecular complexity index is 773. The highest BCUT2D eigenvalue weighted by molar-refractivity contribution is 5.78. The molecule has 4 saturated carbocycles. The number of aromatic amines is 1. The average Bonchev–Trinajstić information content (AvgIpc) is 2.55. The van der Waals surface area contributed by atoms with Gasteiger partial charge in [0.15, 0.2) is 13.2 Å². The number of alkyl halides is 3. The molecule has 4 aliphatic rings. The molecule has 0 spiro atoms. The molecular weight excluding hydrogens is 379 g/mol. The number of aromatic nitrogens is 2. The highest BCUT2D eigenvalue weighted by atomic mass is 19.4. The van der Waals surface area contributed by atoms with Crippen LogP contribution in [0.4, 0.5) is 13.2 Å². The average molecular weight is 401 g/mol. The number of hydrogen-bond acceptors (Lipinski definition) is 5. The first-order valence-corrected chi connectivity index (χ1v) is 9.43. The number of rotatable bonds is 6. The van der Waals surface area contributed by atoms with Crippen LogP contribution in [0.25, 0.3) is 0 Å². The van der Waals surface area contributed by atoms with Crippen LogP contribution in [-0.2, 0) is 4.79 Å². The van der Waals surface area contributed by atoms with Gasteiger partial charge in [-0.2, -0.15) is 18.2 Å². The number of ether oxygens (including phenoxy) is 2. The molecule has 0 aliphatic heterocycles. The zero-order valence-electron chi connectivity index (χ0n) is 15.2. The highest BCUT2D eigenvalue weighted by Gasteiger charge is 2.51. The third kappa shape index (κ3) is 4.41. The summed E-state index contributed by atoms with van der Waals surface area (Å²) in [5.74, 6) is 1.03. The SMILES string of the molecule is O=C(COc1cc(OCC(F)(F)F)[nH]c(=O)n1)NC12CC3CC(CC(C3)C1)C2. The molecule has 7 nitrogen and oxygen atoms in total. The monoisotopic (exact) mass is 401 g/mol. The molecule has 10 heteroatoms. The second-order valence-corrected chi connectivity index (χ2v) is 8.33. The van der Waals surface area contributed by atoms with E-state index in [1.54, 1.807) is 0 Å². The Morgan fingerprint density at radius 2 is 1.79 bits per heavy atom. The van der Waals surface area contributed by atoms with Crippen LogP contribution in [0.5, 0.6) is 11.8 Å². The van der Waals surface area contributed by atoms with Gasteiger partial charge in [-0.05, 0) is 56.3 Å². The molecule has 28 heavy (non-hydrogen) atoms. The Morgan fingerprint density at radius 1 is 1.18 bits per heavy atom. The summed E-state index contributed by atoms with van der Waals surface area (Å²) in [6.07, 6.45) is 2.18. The summed E-state index contributed by atoms with van der Waals surface area (Å²) in [5.41, 5.74) is -1.09. The number of hydrogen-bond donors (Lipinski definition) is 2. The van der Waals surface area contributed by atoms with Crippen LogP contribution >= 0.6 is 0 Å². The number of nitrogens with one attached hydrogen (secondary N) is 2. The minimum absolute atomic E-state index is 0.169. The molecule has 154 valence electrons. The number of carbonyl (C=O) groups excluding carboxylic acids is 1. The maximum atomic E-state index is 12.4. The van der Waals surface area contributed by atoms with Gasteiger partial charge in [0, 0.05) is 5.54 Å². The van der Waals surface area contributed by atoms with Gasteiger partial charge in [0.2, 0.25) is 11.8 Å². The summed E-state index contributed by atoms with van der Waals surface area (Å²) in [5, 5.41) is 3.11. The topological polar surface area (TPSA) is 93.3 Å².